The van der Waals surface area contributed by atoms with Crippen LogP contribution in [0, 0.1) is 11.3 Å². The van der Waals surface area contributed by atoms with Gasteiger partial charge in [0.2, 0.25) is 0 Å². The van der Waals surface area contributed by atoms with Crippen molar-refractivity contribution < 1.29 is 23.0 Å². The molecule has 0 aliphatic carbocycles. The van der Waals surface area contributed by atoms with Crippen molar-refractivity contribution in [2.75, 3.05) is 18.5 Å². The first-order chi connectivity index (χ1) is 12.9. The summed E-state index contributed by atoms with van der Waals surface area (Å²) < 4.78 is 36.1. The number of alkyl halides is 2. The molecule has 27 heavy (non-hydrogen) atoms. The highest BCUT2D eigenvalue weighted by Gasteiger charge is 2.14. The Morgan fingerprint density at radius 1 is 1.30 bits per heavy atom. The number of thioether (sulfide) groups is 1. The van der Waals surface area contributed by atoms with Crippen LogP contribution in [0.2, 0.25) is 0 Å². The van der Waals surface area contributed by atoms with Crippen LogP contribution in [0.5, 0.6) is 11.5 Å². The number of ether oxygens (including phenoxy) is 2. The molecule has 0 spiro atoms. The van der Waals surface area contributed by atoms with E-state index in [0.29, 0.717) is 50.5 Å². The molecule has 0 unspecified atom stereocenters. The van der Waals surface area contributed by atoms with Gasteiger partial charge in [-0.1, -0.05) is 11.8 Å². The van der Waals surface area contributed by atoms with Gasteiger partial charge in [0.15, 0.2) is 18.1 Å². The minimum absolute atomic E-state index is 0.294. The minimum atomic E-state index is -2.50. The average molecular weight is 457 g/mol. The number of hydrogen-bond donors (Lipinski definition) is 1. The van der Waals surface area contributed by atoms with Crippen LogP contribution in [0.25, 0.3) is 0 Å². The molecule has 0 atom stereocenters. The van der Waals surface area contributed by atoms with Gasteiger partial charge in [0.25, 0.3) is 11.7 Å². The number of nitriles is 1. The molecule has 0 radical (unpaired) electrons. The number of halogens is 3. The predicted molar refractivity (Wildman–Crippen MR) is 102 cm³/mol. The Kier molecular flexibility index (Phi) is 7.88. The van der Waals surface area contributed by atoms with Crippen LogP contribution in [-0.4, -0.2) is 24.9 Å². The van der Waals surface area contributed by atoms with Crippen molar-refractivity contribution in [1.29, 1.82) is 5.26 Å². The van der Waals surface area contributed by atoms with E-state index in [1.54, 1.807) is 13.0 Å². The Balaban J connectivity index is 2.00. The fraction of sp³-hybridized carbons (Fsp3) is 0.222. The maximum atomic E-state index is 12.3. The van der Waals surface area contributed by atoms with Gasteiger partial charge >= 0.3 is 0 Å². The van der Waals surface area contributed by atoms with Gasteiger partial charge in [0.05, 0.1) is 22.7 Å². The number of carbonyl (C=O) groups is 1. The lowest BCUT2D eigenvalue weighted by molar-refractivity contribution is -0.118. The van der Waals surface area contributed by atoms with E-state index < -0.39 is 11.7 Å². The second-order valence-corrected chi connectivity index (χ2v) is 6.99. The molecule has 2 aromatic carbocycles. The van der Waals surface area contributed by atoms with Crippen LogP contribution < -0.4 is 14.8 Å². The Hall–Kier alpha value is -2.31. The van der Waals surface area contributed by atoms with Crippen molar-refractivity contribution in [2.45, 2.75) is 17.6 Å². The topological polar surface area (TPSA) is 71.3 Å². The molecule has 5 nitrogen and oxygen atoms in total. The first-order valence-corrected chi connectivity index (χ1v) is 9.44. The second kappa shape index (κ2) is 10.1. The van der Waals surface area contributed by atoms with E-state index in [-0.39, 0.29) is 6.61 Å². The summed E-state index contributed by atoms with van der Waals surface area (Å²) in [4.78, 5) is 12.5. The van der Waals surface area contributed by atoms with Gasteiger partial charge in [-0.15, -0.1) is 0 Å². The van der Waals surface area contributed by atoms with E-state index in [4.69, 9.17) is 14.7 Å². The minimum Gasteiger partial charge on any atom is -0.490 e. The Labute approximate surface area is 167 Å². The summed E-state index contributed by atoms with van der Waals surface area (Å²) in [5.41, 5.74) is 0.857. The third kappa shape index (κ3) is 6.41. The molecule has 1 amide bonds. The van der Waals surface area contributed by atoms with Gasteiger partial charge < -0.3 is 14.8 Å². The van der Waals surface area contributed by atoms with Gasteiger partial charge in [-0.3, -0.25) is 4.79 Å². The summed E-state index contributed by atoms with van der Waals surface area (Å²) in [5.74, 6) is -2.26. The van der Waals surface area contributed by atoms with E-state index in [9.17, 15) is 13.6 Å². The quantitative estimate of drug-likeness (QED) is 0.562. The molecule has 0 saturated heterocycles. The summed E-state index contributed by atoms with van der Waals surface area (Å²) in [6.45, 7) is 1.87. The summed E-state index contributed by atoms with van der Waals surface area (Å²) >= 11 is 3.73. The highest BCUT2D eigenvalue weighted by Crippen LogP contribution is 2.36. The lowest BCUT2D eigenvalue weighted by atomic mass is 10.2. The normalized spacial score (nSPS) is 10.4. The zero-order valence-corrected chi connectivity index (χ0v) is 16.6. The van der Waals surface area contributed by atoms with Gasteiger partial charge in [-0.2, -0.15) is 14.0 Å². The molecule has 1 N–H and O–H groups in total. The number of nitrogens with zero attached hydrogens (tertiary/aromatic N) is 1. The van der Waals surface area contributed by atoms with Gasteiger partial charge in [-0.05, 0) is 53.2 Å². The maximum Gasteiger partial charge on any atom is 0.288 e. The van der Waals surface area contributed by atoms with E-state index in [2.05, 4.69) is 21.2 Å². The zero-order chi connectivity index (χ0) is 19.8. The summed E-state index contributed by atoms with van der Waals surface area (Å²) in [6.07, 6.45) is 0. The first-order valence-electron chi connectivity index (χ1n) is 7.77. The fourth-order valence-electron chi connectivity index (χ4n) is 2.09. The van der Waals surface area contributed by atoms with Crippen LogP contribution in [0.4, 0.5) is 14.5 Å². The maximum absolute atomic E-state index is 12.3. The van der Waals surface area contributed by atoms with Gasteiger partial charge in [0, 0.05) is 16.6 Å². The number of hydrogen-bond acceptors (Lipinski definition) is 5. The van der Waals surface area contributed by atoms with E-state index >= 15 is 0 Å². The molecule has 0 aliphatic heterocycles. The molecule has 0 aromatic heterocycles. The summed E-state index contributed by atoms with van der Waals surface area (Å²) in [7, 11) is 0. The third-order valence-electron chi connectivity index (χ3n) is 3.15. The molecular weight excluding hydrogens is 442 g/mol. The van der Waals surface area contributed by atoms with Crippen molar-refractivity contribution in [2.24, 2.45) is 0 Å². The number of amides is 1. The third-order valence-corrected chi connectivity index (χ3v) is 4.46. The van der Waals surface area contributed by atoms with Crippen LogP contribution in [0.15, 0.2) is 45.8 Å². The molecule has 0 fully saturated rings. The fourth-order valence-corrected chi connectivity index (χ4v) is 3.15. The van der Waals surface area contributed by atoms with Crippen LogP contribution in [-0.2, 0) is 4.79 Å². The molecular formula is C18H15BrF2N2O3S. The molecule has 9 heteroatoms. The number of carbonyl (C=O) groups excluding carboxylic acids is 1. The van der Waals surface area contributed by atoms with Crippen molar-refractivity contribution >= 4 is 39.3 Å². The Bertz CT molecular complexity index is 842. The van der Waals surface area contributed by atoms with Crippen molar-refractivity contribution in [3.8, 4) is 17.6 Å². The predicted octanol–water partition coefficient (Wildman–Crippen LogP) is 5.05. The van der Waals surface area contributed by atoms with Gasteiger partial charge in [-0.25, -0.2) is 0 Å². The molecule has 142 valence electrons. The average Bonchev–Trinajstić information content (AvgIpc) is 2.62. The van der Waals surface area contributed by atoms with Crippen LogP contribution in [0.3, 0.4) is 0 Å². The molecule has 0 bridgehead atoms. The van der Waals surface area contributed by atoms with Crippen LogP contribution >= 0.6 is 27.7 Å². The largest absolute Gasteiger partial charge is 0.490 e. The van der Waals surface area contributed by atoms with Crippen molar-refractivity contribution in [3.63, 3.8) is 0 Å². The Morgan fingerprint density at radius 3 is 2.59 bits per heavy atom. The summed E-state index contributed by atoms with van der Waals surface area (Å²) in [6, 6.07) is 11.2. The number of rotatable bonds is 8. The van der Waals surface area contributed by atoms with Crippen LogP contribution in [0.1, 0.15) is 12.5 Å². The lowest BCUT2D eigenvalue weighted by Crippen LogP contribution is -2.20. The lowest BCUT2D eigenvalue weighted by Gasteiger charge is -2.14. The smallest absolute Gasteiger partial charge is 0.288 e. The Morgan fingerprint density at radius 2 is 2.00 bits per heavy atom. The van der Waals surface area contributed by atoms with E-state index in [1.807, 2.05) is 6.07 Å². The summed E-state index contributed by atoms with van der Waals surface area (Å²) in [5, 5.41) is 11.6. The SMILES string of the molecule is CCOc1cc(C#N)cc(Br)c1OCC(=O)Nc1ccc(SC(F)F)cc1. The van der Waals surface area contributed by atoms with Crippen molar-refractivity contribution in [3.05, 3.63) is 46.4 Å². The molecule has 0 saturated carbocycles. The number of nitrogens with one attached hydrogen (secondary N) is 1. The number of anilines is 1. The second-order valence-electron chi connectivity index (χ2n) is 5.07. The molecule has 2 aromatic rings. The zero-order valence-electron chi connectivity index (χ0n) is 14.2. The molecule has 0 heterocycles. The molecule has 0 aliphatic rings. The van der Waals surface area contributed by atoms with E-state index in [0.717, 1.165) is 0 Å². The highest BCUT2D eigenvalue weighted by molar-refractivity contribution is 9.10. The van der Waals surface area contributed by atoms with E-state index in [1.165, 1.54) is 30.3 Å². The standard InChI is InChI=1S/C18H15BrF2N2O3S/c1-2-25-15-8-11(9-22)7-14(19)17(15)26-10-16(24)23-12-3-5-13(6-4-12)27-18(20)21/h3-8,18H,2,10H2,1H3,(H,23,24). The highest BCUT2D eigenvalue weighted by atomic mass is 79.9. The van der Waals surface area contributed by atoms with Gasteiger partial charge in [0.1, 0.15) is 0 Å². The first kappa shape index (κ1) is 21.0. The number of benzene rings is 2. The van der Waals surface area contributed by atoms with Crippen molar-refractivity contribution in [1.82, 2.24) is 0 Å². The monoisotopic (exact) mass is 456 g/mol. The molecule has 2 rings (SSSR count).